The van der Waals surface area contributed by atoms with E-state index in [1.165, 1.54) is 7.11 Å². The molecule has 1 heterocycles. The van der Waals surface area contributed by atoms with Gasteiger partial charge in [0, 0.05) is 12.1 Å². The van der Waals surface area contributed by atoms with Crippen LogP contribution in [0.2, 0.25) is 0 Å². The molecule has 0 saturated heterocycles. The summed E-state index contributed by atoms with van der Waals surface area (Å²) in [5.74, 6) is 4.52. The van der Waals surface area contributed by atoms with Gasteiger partial charge in [0.1, 0.15) is 5.82 Å². The normalized spacial score (nSPS) is 8.38. The van der Waals surface area contributed by atoms with Crippen LogP contribution < -0.4 is 5.73 Å². The average molecular weight is 176 g/mol. The van der Waals surface area contributed by atoms with E-state index in [0.717, 1.165) is 0 Å². The van der Waals surface area contributed by atoms with Crippen LogP contribution >= 0.6 is 0 Å². The molecule has 0 amide bonds. The van der Waals surface area contributed by atoms with Crippen LogP contribution in [-0.4, -0.2) is 18.1 Å². The summed E-state index contributed by atoms with van der Waals surface area (Å²) in [6.45, 7) is 0. The van der Waals surface area contributed by atoms with Gasteiger partial charge in [-0.2, -0.15) is 0 Å². The summed E-state index contributed by atoms with van der Waals surface area (Å²) < 4.78 is 4.34. The van der Waals surface area contributed by atoms with E-state index in [1.54, 1.807) is 18.3 Å². The number of anilines is 1. The summed E-state index contributed by atoms with van der Waals surface area (Å²) >= 11 is 0. The molecule has 0 aromatic carbocycles. The number of nitrogens with zero attached hydrogens (tertiary/aromatic N) is 1. The lowest BCUT2D eigenvalue weighted by atomic mass is 10.2. The number of ether oxygens (including phenoxy) is 1. The van der Waals surface area contributed by atoms with E-state index >= 15 is 0 Å². The van der Waals surface area contributed by atoms with E-state index in [1.807, 2.05) is 0 Å². The largest absolute Gasteiger partial charge is 0.459 e. The molecule has 66 valence electrons. The number of rotatable bonds is 0. The Morgan fingerprint density at radius 1 is 1.69 bits per heavy atom. The molecule has 0 aliphatic heterocycles. The number of nitrogens with two attached hydrogens (primary N) is 1. The highest BCUT2D eigenvalue weighted by Crippen LogP contribution is 2.03. The molecule has 0 spiro atoms. The first kappa shape index (κ1) is 9.07. The second-order valence-corrected chi connectivity index (χ2v) is 2.18. The maximum atomic E-state index is 10.6. The van der Waals surface area contributed by atoms with Crippen LogP contribution in [0, 0.1) is 11.8 Å². The van der Waals surface area contributed by atoms with Crippen molar-refractivity contribution < 1.29 is 9.53 Å². The monoisotopic (exact) mass is 176 g/mol. The van der Waals surface area contributed by atoms with Crippen LogP contribution in [0.5, 0.6) is 0 Å². The zero-order valence-electron chi connectivity index (χ0n) is 7.07. The smallest absolute Gasteiger partial charge is 0.384 e. The van der Waals surface area contributed by atoms with Crippen molar-refractivity contribution >= 4 is 11.8 Å². The molecule has 4 nitrogen and oxygen atoms in total. The molecule has 0 radical (unpaired) electrons. The maximum absolute atomic E-state index is 10.6. The van der Waals surface area contributed by atoms with E-state index in [2.05, 4.69) is 21.6 Å². The second kappa shape index (κ2) is 4.12. The number of hydrogen-bond acceptors (Lipinski definition) is 4. The van der Waals surface area contributed by atoms with E-state index in [9.17, 15) is 4.79 Å². The van der Waals surface area contributed by atoms with E-state index in [-0.39, 0.29) is 0 Å². The molecule has 13 heavy (non-hydrogen) atoms. The van der Waals surface area contributed by atoms with Crippen LogP contribution in [0.25, 0.3) is 0 Å². The number of aromatic nitrogens is 1. The van der Waals surface area contributed by atoms with E-state index < -0.39 is 5.97 Å². The van der Waals surface area contributed by atoms with Crippen molar-refractivity contribution in [2.24, 2.45) is 0 Å². The molecule has 0 saturated carbocycles. The molecule has 2 N–H and O–H groups in total. The Hall–Kier alpha value is -2.02. The number of esters is 1. The fraction of sp³-hybridized carbons (Fsp3) is 0.111. The first-order valence-electron chi connectivity index (χ1n) is 3.54. The minimum atomic E-state index is -0.594. The van der Waals surface area contributed by atoms with Gasteiger partial charge in [0.15, 0.2) is 0 Å². The maximum Gasteiger partial charge on any atom is 0.384 e. The van der Waals surface area contributed by atoms with Gasteiger partial charge in [0.05, 0.1) is 12.7 Å². The molecule has 4 heteroatoms. The molecule has 1 rings (SSSR count). The lowest BCUT2D eigenvalue weighted by molar-refractivity contribution is -0.133. The van der Waals surface area contributed by atoms with Crippen molar-refractivity contribution in [1.29, 1.82) is 0 Å². The molecule has 0 aliphatic rings. The van der Waals surface area contributed by atoms with Crippen molar-refractivity contribution in [2.45, 2.75) is 0 Å². The second-order valence-electron chi connectivity index (χ2n) is 2.18. The molecule has 1 aromatic rings. The number of pyridine rings is 1. The Labute approximate surface area is 75.7 Å². The topological polar surface area (TPSA) is 65.2 Å². The van der Waals surface area contributed by atoms with Crippen LogP contribution in [-0.2, 0) is 9.53 Å². The van der Waals surface area contributed by atoms with Crippen molar-refractivity contribution in [1.82, 2.24) is 4.98 Å². The average Bonchev–Trinajstić information content (AvgIpc) is 2.16. The molecule has 0 aliphatic carbocycles. The Morgan fingerprint density at radius 2 is 2.46 bits per heavy atom. The summed E-state index contributed by atoms with van der Waals surface area (Å²) in [4.78, 5) is 14.4. The molecule has 0 atom stereocenters. The van der Waals surface area contributed by atoms with Gasteiger partial charge in [-0.15, -0.1) is 0 Å². The Kier molecular flexibility index (Phi) is 2.87. The van der Waals surface area contributed by atoms with Gasteiger partial charge in [-0.05, 0) is 12.1 Å². The van der Waals surface area contributed by atoms with Crippen molar-refractivity contribution in [2.75, 3.05) is 12.8 Å². The highest BCUT2D eigenvalue weighted by atomic mass is 16.5. The third-order valence-corrected chi connectivity index (χ3v) is 1.32. The van der Waals surface area contributed by atoms with Crippen molar-refractivity contribution in [3.63, 3.8) is 0 Å². The van der Waals surface area contributed by atoms with Crippen LogP contribution in [0.3, 0.4) is 0 Å². The Morgan fingerprint density at radius 3 is 3.08 bits per heavy atom. The van der Waals surface area contributed by atoms with Gasteiger partial charge >= 0.3 is 5.97 Å². The van der Waals surface area contributed by atoms with Gasteiger partial charge in [-0.3, -0.25) is 0 Å². The Bertz CT molecular complexity index is 377. The van der Waals surface area contributed by atoms with Gasteiger partial charge in [0.2, 0.25) is 0 Å². The number of carbonyl (C=O) groups excluding carboxylic acids is 1. The predicted molar refractivity (Wildman–Crippen MR) is 47.5 cm³/mol. The van der Waals surface area contributed by atoms with Gasteiger partial charge < -0.3 is 10.5 Å². The van der Waals surface area contributed by atoms with Gasteiger partial charge in [-0.1, -0.05) is 5.92 Å². The SMILES string of the molecule is COC(=O)C#Cc1cccnc1N. The third-order valence-electron chi connectivity index (χ3n) is 1.32. The molecule has 0 fully saturated rings. The highest BCUT2D eigenvalue weighted by Gasteiger charge is 1.94. The summed E-state index contributed by atoms with van der Waals surface area (Å²) in [7, 11) is 1.27. The van der Waals surface area contributed by atoms with Crippen molar-refractivity contribution in [3.05, 3.63) is 23.9 Å². The summed E-state index contributed by atoms with van der Waals surface area (Å²) in [5, 5.41) is 0. The fourth-order valence-electron chi connectivity index (χ4n) is 0.693. The predicted octanol–water partition coefficient (Wildman–Crippen LogP) is 0.188. The molecule has 0 unspecified atom stereocenters. The number of hydrogen-bond donors (Lipinski definition) is 1. The molecular formula is C9H8N2O2. The van der Waals surface area contributed by atoms with Gasteiger partial charge in [-0.25, -0.2) is 9.78 Å². The first-order chi connectivity index (χ1) is 6.24. The standard InChI is InChI=1S/C9H8N2O2/c1-13-8(12)5-4-7-3-2-6-11-9(7)10/h2-3,6H,1H3,(H2,10,11). The molecular weight excluding hydrogens is 168 g/mol. The lowest BCUT2D eigenvalue weighted by Crippen LogP contribution is -1.96. The van der Waals surface area contributed by atoms with Gasteiger partial charge in [0.25, 0.3) is 0 Å². The summed E-state index contributed by atoms with van der Waals surface area (Å²) in [6, 6.07) is 3.37. The Balaban J connectivity index is 2.89. The minimum Gasteiger partial charge on any atom is -0.459 e. The number of nitrogen functional groups attached to an aromatic ring is 1. The van der Waals surface area contributed by atoms with Crippen LogP contribution in [0.1, 0.15) is 5.56 Å². The van der Waals surface area contributed by atoms with E-state index in [4.69, 9.17) is 5.73 Å². The summed E-state index contributed by atoms with van der Waals surface area (Å²) in [6.07, 6.45) is 1.55. The quantitative estimate of drug-likeness (QED) is 0.452. The molecule has 0 bridgehead atoms. The zero-order chi connectivity index (χ0) is 9.68. The third kappa shape index (κ3) is 2.49. The minimum absolute atomic E-state index is 0.305. The first-order valence-corrected chi connectivity index (χ1v) is 3.54. The number of methoxy groups -OCH3 is 1. The van der Waals surface area contributed by atoms with Crippen molar-refractivity contribution in [3.8, 4) is 11.8 Å². The molecule has 1 aromatic heterocycles. The highest BCUT2D eigenvalue weighted by molar-refractivity contribution is 5.89. The van der Waals surface area contributed by atoms with E-state index in [0.29, 0.717) is 11.4 Å². The fourth-order valence-corrected chi connectivity index (χ4v) is 0.693. The van der Waals surface area contributed by atoms with Crippen LogP contribution in [0.4, 0.5) is 5.82 Å². The summed E-state index contributed by atoms with van der Waals surface area (Å²) in [5.41, 5.74) is 6.00. The van der Waals surface area contributed by atoms with Crippen LogP contribution in [0.15, 0.2) is 18.3 Å². The lowest BCUT2D eigenvalue weighted by Gasteiger charge is -1.93. The zero-order valence-corrected chi connectivity index (χ0v) is 7.07. The number of carbonyl (C=O) groups is 1.